The highest BCUT2D eigenvalue weighted by Gasteiger charge is 2.29. The van der Waals surface area contributed by atoms with E-state index in [1.54, 1.807) is 43.1 Å². The highest BCUT2D eigenvalue weighted by Crippen LogP contribution is 2.27. The lowest BCUT2D eigenvalue weighted by Crippen LogP contribution is -2.37. The molecule has 1 fully saturated rings. The number of hydrogen-bond donors (Lipinski definition) is 1. The van der Waals surface area contributed by atoms with Crippen LogP contribution in [0.2, 0.25) is 0 Å². The maximum atomic E-state index is 15.1. The maximum absolute atomic E-state index is 15.1. The molecule has 0 bridgehead atoms. The number of carbonyl (C=O) groups excluding carboxylic acids is 1. The molecule has 0 spiro atoms. The molecule has 1 atom stereocenters. The lowest BCUT2D eigenvalue weighted by atomic mass is 10.0. The number of methoxy groups -OCH3 is 1. The van der Waals surface area contributed by atoms with Crippen molar-refractivity contribution in [2.24, 2.45) is 5.92 Å². The van der Waals surface area contributed by atoms with Crippen LogP contribution in [0.1, 0.15) is 12.2 Å². The summed E-state index contributed by atoms with van der Waals surface area (Å²) in [5, 5.41) is 6.57. The first-order valence-electron chi connectivity index (χ1n) is 10.4. The monoisotopic (exact) mass is 439 g/mol. The molecule has 2 aromatic carbocycles. The van der Waals surface area contributed by atoms with Crippen molar-refractivity contribution in [2.75, 3.05) is 34.3 Å². The number of hydrogen-bond acceptors (Lipinski definition) is 4. The standard InChI is InChI=1S/C23H26FN5O3/c1-27(2)23(31)28-11-10-15(14-28)12-21-25-26-22(30)29(21)20-9-6-17(13-19(20)24)16-4-7-18(32-3)8-5-16/h4-9,13,15H,10-12,14H2,1-3H3,(H,26,30)/t15-/m0/s1. The van der Waals surface area contributed by atoms with E-state index in [0.29, 0.717) is 30.9 Å². The zero-order chi connectivity index (χ0) is 22.8. The molecule has 8 nitrogen and oxygen atoms in total. The van der Waals surface area contributed by atoms with Gasteiger partial charge in [-0.05, 0) is 47.7 Å². The molecule has 0 aliphatic carbocycles. The zero-order valence-corrected chi connectivity index (χ0v) is 18.3. The van der Waals surface area contributed by atoms with Crippen LogP contribution in [-0.2, 0) is 6.42 Å². The summed E-state index contributed by atoms with van der Waals surface area (Å²) in [6.45, 7) is 1.23. The quantitative estimate of drug-likeness (QED) is 0.663. The lowest BCUT2D eigenvalue weighted by molar-refractivity contribution is 0.180. The van der Waals surface area contributed by atoms with Crippen LogP contribution in [0.3, 0.4) is 0 Å². The van der Waals surface area contributed by atoms with E-state index in [1.165, 1.54) is 10.6 Å². The minimum absolute atomic E-state index is 0.0351. The Bertz CT molecular complexity index is 1170. The molecule has 1 saturated heterocycles. The van der Waals surface area contributed by atoms with E-state index in [4.69, 9.17) is 4.74 Å². The average Bonchev–Trinajstić information content (AvgIpc) is 3.40. The van der Waals surface area contributed by atoms with Crippen LogP contribution in [0.5, 0.6) is 5.75 Å². The predicted molar refractivity (Wildman–Crippen MR) is 119 cm³/mol. The van der Waals surface area contributed by atoms with Crippen LogP contribution in [0.15, 0.2) is 47.3 Å². The molecule has 3 aromatic rings. The fourth-order valence-electron chi connectivity index (χ4n) is 4.08. The number of rotatable bonds is 5. The van der Waals surface area contributed by atoms with Crippen LogP contribution in [0, 0.1) is 11.7 Å². The average molecular weight is 439 g/mol. The van der Waals surface area contributed by atoms with E-state index >= 15 is 4.39 Å². The summed E-state index contributed by atoms with van der Waals surface area (Å²) in [4.78, 5) is 28.0. The molecule has 0 saturated carbocycles. The van der Waals surface area contributed by atoms with Crippen molar-refractivity contribution >= 4 is 6.03 Å². The van der Waals surface area contributed by atoms with E-state index in [2.05, 4.69) is 10.2 Å². The normalized spacial score (nSPS) is 15.8. The summed E-state index contributed by atoms with van der Waals surface area (Å²) >= 11 is 0. The Morgan fingerprint density at radius 1 is 1.22 bits per heavy atom. The molecule has 0 radical (unpaired) electrons. The van der Waals surface area contributed by atoms with Gasteiger partial charge >= 0.3 is 11.7 Å². The molecular weight excluding hydrogens is 413 g/mol. The number of halogens is 1. The van der Waals surface area contributed by atoms with Crippen LogP contribution in [0.4, 0.5) is 9.18 Å². The van der Waals surface area contributed by atoms with Crippen molar-refractivity contribution in [3.8, 4) is 22.6 Å². The van der Waals surface area contributed by atoms with E-state index in [0.717, 1.165) is 17.7 Å². The number of aromatic amines is 1. The van der Waals surface area contributed by atoms with E-state index in [-0.39, 0.29) is 17.6 Å². The van der Waals surface area contributed by atoms with E-state index in [1.807, 2.05) is 24.3 Å². The molecule has 2 heterocycles. The van der Waals surface area contributed by atoms with Crippen molar-refractivity contribution in [3.63, 3.8) is 0 Å². The van der Waals surface area contributed by atoms with Gasteiger partial charge in [0.1, 0.15) is 17.4 Å². The zero-order valence-electron chi connectivity index (χ0n) is 18.3. The maximum Gasteiger partial charge on any atom is 0.348 e. The minimum atomic E-state index is -0.515. The number of aromatic nitrogens is 3. The molecule has 1 aromatic heterocycles. The third kappa shape index (κ3) is 4.23. The van der Waals surface area contributed by atoms with Gasteiger partial charge in [-0.1, -0.05) is 18.2 Å². The van der Waals surface area contributed by atoms with Gasteiger partial charge in [-0.3, -0.25) is 0 Å². The predicted octanol–water partition coefficient (Wildman–Crippen LogP) is 2.92. The fourth-order valence-corrected chi connectivity index (χ4v) is 4.08. The van der Waals surface area contributed by atoms with Crippen molar-refractivity contribution in [1.29, 1.82) is 0 Å². The first kappa shape index (κ1) is 21.6. The second-order valence-corrected chi connectivity index (χ2v) is 8.16. The smallest absolute Gasteiger partial charge is 0.348 e. The SMILES string of the molecule is COc1ccc(-c2ccc(-n3c(C[C@@H]4CCN(C(=O)N(C)C)C4)n[nH]c3=O)c(F)c2)cc1. The second-order valence-electron chi connectivity index (χ2n) is 8.16. The Labute approximate surface area is 185 Å². The van der Waals surface area contributed by atoms with Gasteiger partial charge in [0.15, 0.2) is 0 Å². The summed E-state index contributed by atoms with van der Waals surface area (Å²) in [7, 11) is 5.03. The molecule has 2 amide bonds. The number of nitrogens with one attached hydrogen (secondary N) is 1. The molecule has 1 aliphatic rings. The Hall–Kier alpha value is -3.62. The van der Waals surface area contributed by atoms with Crippen molar-refractivity contribution in [1.82, 2.24) is 24.6 Å². The lowest BCUT2D eigenvalue weighted by Gasteiger charge is -2.21. The third-order valence-corrected chi connectivity index (χ3v) is 5.76. The highest BCUT2D eigenvalue weighted by atomic mass is 19.1. The van der Waals surface area contributed by atoms with Crippen molar-refractivity contribution in [2.45, 2.75) is 12.8 Å². The van der Waals surface area contributed by atoms with Gasteiger partial charge in [-0.15, -0.1) is 0 Å². The molecule has 1 aliphatic heterocycles. The van der Waals surface area contributed by atoms with Gasteiger partial charge in [0.05, 0.1) is 12.8 Å². The Morgan fingerprint density at radius 2 is 1.94 bits per heavy atom. The largest absolute Gasteiger partial charge is 0.497 e. The van der Waals surface area contributed by atoms with Gasteiger partial charge in [0, 0.05) is 33.6 Å². The number of H-pyrrole nitrogens is 1. The van der Waals surface area contributed by atoms with Gasteiger partial charge in [0.25, 0.3) is 0 Å². The fraction of sp³-hybridized carbons (Fsp3) is 0.348. The van der Waals surface area contributed by atoms with Crippen LogP contribution < -0.4 is 10.4 Å². The number of likely N-dealkylation sites (tertiary alicyclic amines) is 1. The minimum Gasteiger partial charge on any atom is -0.497 e. The Kier molecular flexibility index (Phi) is 5.98. The topological polar surface area (TPSA) is 83.5 Å². The molecule has 9 heteroatoms. The van der Waals surface area contributed by atoms with Crippen molar-refractivity contribution < 1.29 is 13.9 Å². The number of urea groups is 1. The summed E-state index contributed by atoms with van der Waals surface area (Å²) in [5.74, 6) is 0.807. The molecule has 1 N–H and O–H groups in total. The Morgan fingerprint density at radius 3 is 2.59 bits per heavy atom. The number of benzene rings is 2. The van der Waals surface area contributed by atoms with E-state index in [9.17, 15) is 9.59 Å². The molecule has 4 rings (SSSR count). The molecule has 0 unspecified atom stereocenters. The number of nitrogens with zero attached hydrogens (tertiary/aromatic N) is 4. The van der Waals surface area contributed by atoms with E-state index < -0.39 is 11.5 Å². The number of ether oxygens (including phenoxy) is 1. The second kappa shape index (κ2) is 8.86. The van der Waals surface area contributed by atoms with Crippen LogP contribution in [0.25, 0.3) is 16.8 Å². The van der Waals surface area contributed by atoms with Gasteiger partial charge < -0.3 is 14.5 Å². The summed E-state index contributed by atoms with van der Waals surface area (Å²) in [6.07, 6.45) is 1.27. The van der Waals surface area contributed by atoms with Crippen molar-refractivity contribution in [3.05, 3.63) is 64.6 Å². The number of amides is 2. The van der Waals surface area contributed by atoms with Crippen LogP contribution in [-0.4, -0.2) is 64.9 Å². The molecular formula is C23H26FN5O3. The summed E-state index contributed by atoms with van der Waals surface area (Å²) in [5.41, 5.74) is 1.19. The first-order valence-corrected chi connectivity index (χ1v) is 10.4. The van der Waals surface area contributed by atoms with Gasteiger partial charge in [0.2, 0.25) is 0 Å². The third-order valence-electron chi connectivity index (χ3n) is 5.76. The summed E-state index contributed by atoms with van der Waals surface area (Å²) in [6, 6.07) is 12.1. The highest BCUT2D eigenvalue weighted by molar-refractivity contribution is 5.74. The number of carbonyl (C=O) groups is 1. The molecule has 168 valence electrons. The van der Waals surface area contributed by atoms with Gasteiger partial charge in [-0.25, -0.2) is 23.6 Å². The van der Waals surface area contributed by atoms with Gasteiger partial charge in [-0.2, -0.15) is 5.10 Å². The Balaban J connectivity index is 1.56. The summed E-state index contributed by atoms with van der Waals surface area (Å²) < 4.78 is 21.5. The first-order chi connectivity index (χ1) is 15.4. The molecule has 32 heavy (non-hydrogen) atoms. The van der Waals surface area contributed by atoms with Crippen LogP contribution >= 0.6 is 0 Å².